The fraction of sp³-hybridized carbons (Fsp3) is 0.259. The van der Waals surface area contributed by atoms with E-state index in [4.69, 9.17) is 11.6 Å². The summed E-state index contributed by atoms with van der Waals surface area (Å²) in [6, 6.07) is 18.9. The molecule has 3 aromatic carbocycles. The molecule has 0 saturated carbocycles. The zero-order chi connectivity index (χ0) is 23.7. The van der Waals surface area contributed by atoms with Crippen molar-refractivity contribution in [3.63, 3.8) is 0 Å². The number of halogens is 1. The minimum absolute atomic E-state index is 0.338. The van der Waals surface area contributed by atoms with Crippen molar-refractivity contribution in [1.29, 1.82) is 0 Å². The lowest BCUT2D eigenvalue weighted by Gasteiger charge is -2.26. The number of benzene rings is 3. The van der Waals surface area contributed by atoms with Crippen molar-refractivity contribution in [1.82, 2.24) is 14.6 Å². The Hall–Kier alpha value is -2.64. The maximum atomic E-state index is 12.9. The lowest BCUT2D eigenvalue weighted by atomic mass is 9.96. The molecule has 0 bridgehead atoms. The summed E-state index contributed by atoms with van der Waals surface area (Å²) in [4.78, 5) is 6.17. The van der Waals surface area contributed by atoms with E-state index in [0.29, 0.717) is 11.4 Å². The van der Waals surface area contributed by atoms with Crippen LogP contribution < -0.4 is 4.72 Å². The van der Waals surface area contributed by atoms with Gasteiger partial charge in [0, 0.05) is 52.2 Å². The van der Waals surface area contributed by atoms with Gasteiger partial charge in [0.2, 0.25) is 10.0 Å². The van der Waals surface area contributed by atoms with Gasteiger partial charge in [-0.25, -0.2) is 13.1 Å². The van der Waals surface area contributed by atoms with Crippen LogP contribution in [0.15, 0.2) is 71.6 Å². The van der Waals surface area contributed by atoms with E-state index in [2.05, 4.69) is 27.6 Å². The Bertz CT molecular complexity index is 1490. The zero-order valence-electron chi connectivity index (χ0n) is 19.1. The van der Waals surface area contributed by atoms with Gasteiger partial charge < -0.3 is 4.98 Å². The van der Waals surface area contributed by atoms with Crippen molar-refractivity contribution in [2.24, 2.45) is 0 Å². The first-order valence-electron chi connectivity index (χ1n) is 11.6. The summed E-state index contributed by atoms with van der Waals surface area (Å²) < 4.78 is 28.6. The molecule has 1 aliphatic heterocycles. The van der Waals surface area contributed by atoms with Crippen LogP contribution in [0.4, 0.5) is 0 Å². The van der Waals surface area contributed by atoms with Gasteiger partial charge in [0.25, 0.3) is 0 Å². The van der Waals surface area contributed by atoms with Crippen LogP contribution in [-0.2, 0) is 10.0 Å². The molecule has 0 atom stereocenters. The third-order valence-corrected chi connectivity index (χ3v) is 8.30. The highest BCUT2D eigenvalue weighted by Gasteiger charge is 2.19. The largest absolute Gasteiger partial charge is 0.358 e. The number of nitrogens with zero attached hydrogens (tertiary/aromatic N) is 1. The van der Waals surface area contributed by atoms with Crippen molar-refractivity contribution >= 4 is 48.9 Å². The monoisotopic (exact) mass is 493 g/mol. The smallest absolute Gasteiger partial charge is 0.241 e. The number of aromatic nitrogens is 1. The number of nitrogens with one attached hydrogen (secondary N) is 2. The third kappa shape index (κ3) is 4.64. The minimum atomic E-state index is -3.55. The fourth-order valence-corrected chi connectivity index (χ4v) is 6.34. The normalized spacial score (nSPS) is 15.2. The molecule has 34 heavy (non-hydrogen) atoms. The topological polar surface area (TPSA) is 65.2 Å². The summed E-state index contributed by atoms with van der Waals surface area (Å²) in [5, 5.41) is 3.60. The van der Waals surface area contributed by atoms with E-state index in [1.54, 1.807) is 12.1 Å². The van der Waals surface area contributed by atoms with Gasteiger partial charge >= 0.3 is 0 Å². The molecule has 5 nitrogen and oxygen atoms in total. The molecule has 176 valence electrons. The van der Waals surface area contributed by atoms with Crippen LogP contribution in [0, 0.1) is 6.92 Å². The molecule has 0 amide bonds. The van der Waals surface area contributed by atoms with E-state index in [9.17, 15) is 8.42 Å². The molecule has 2 N–H and O–H groups in total. The van der Waals surface area contributed by atoms with Gasteiger partial charge in [-0.15, -0.1) is 0 Å². The molecule has 4 aromatic rings. The van der Waals surface area contributed by atoms with Crippen molar-refractivity contribution < 1.29 is 8.42 Å². The molecular formula is C27H28ClN3O2S. The highest BCUT2D eigenvalue weighted by Crippen LogP contribution is 2.33. The predicted molar refractivity (Wildman–Crippen MR) is 141 cm³/mol. The molecule has 0 fully saturated rings. The van der Waals surface area contributed by atoms with Crippen LogP contribution in [-0.4, -0.2) is 44.5 Å². The van der Waals surface area contributed by atoms with Crippen LogP contribution in [0.1, 0.15) is 24.1 Å². The molecular weight excluding hydrogens is 466 g/mol. The Morgan fingerprint density at radius 3 is 2.71 bits per heavy atom. The van der Waals surface area contributed by atoms with Gasteiger partial charge in [-0.3, -0.25) is 4.90 Å². The molecule has 7 heteroatoms. The molecule has 0 aliphatic carbocycles. The van der Waals surface area contributed by atoms with Gasteiger partial charge in [0.15, 0.2) is 0 Å². The Kier molecular flexibility index (Phi) is 6.49. The van der Waals surface area contributed by atoms with Crippen LogP contribution in [0.3, 0.4) is 0 Å². The second-order valence-electron chi connectivity index (χ2n) is 8.82. The zero-order valence-corrected chi connectivity index (χ0v) is 20.7. The summed E-state index contributed by atoms with van der Waals surface area (Å²) in [5.41, 5.74) is 4.89. The first kappa shape index (κ1) is 23.1. The van der Waals surface area contributed by atoms with Crippen LogP contribution in [0.5, 0.6) is 0 Å². The average molecular weight is 494 g/mol. The number of sulfonamides is 1. The van der Waals surface area contributed by atoms with E-state index in [1.165, 1.54) is 22.2 Å². The van der Waals surface area contributed by atoms with E-state index < -0.39 is 10.0 Å². The van der Waals surface area contributed by atoms with Crippen molar-refractivity contribution in [3.05, 3.63) is 83.0 Å². The minimum Gasteiger partial charge on any atom is -0.358 e. The van der Waals surface area contributed by atoms with E-state index in [1.807, 2.05) is 48.5 Å². The number of aromatic amines is 1. The first-order valence-corrected chi connectivity index (χ1v) is 13.5. The van der Waals surface area contributed by atoms with Crippen LogP contribution in [0.2, 0.25) is 5.02 Å². The summed E-state index contributed by atoms with van der Waals surface area (Å²) in [6.07, 6.45) is 4.01. The summed E-state index contributed by atoms with van der Waals surface area (Å²) in [5.74, 6) is 0. The Morgan fingerprint density at radius 2 is 1.88 bits per heavy atom. The lowest BCUT2D eigenvalue weighted by Crippen LogP contribution is -2.32. The lowest BCUT2D eigenvalue weighted by molar-refractivity contribution is 0.298. The first-order chi connectivity index (χ1) is 16.4. The third-order valence-electron chi connectivity index (χ3n) is 6.54. The maximum Gasteiger partial charge on any atom is 0.241 e. The summed E-state index contributed by atoms with van der Waals surface area (Å²) >= 11 is 6.24. The fourth-order valence-electron chi connectivity index (χ4n) is 4.87. The van der Waals surface area contributed by atoms with Gasteiger partial charge in [0.05, 0.1) is 4.90 Å². The van der Waals surface area contributed by atoms with Crippen molar-refractivity contribution in [2.45, 2.75) is 24.7 Å². The van der Waals surface area contributed by atoms with Gasteiger partial charge in [-0.05, 0) is 61.5 Å². The molecule has 5 rings (SSSR count). The van der Waals surface area contributed by atoms with Gasteiger partial charge in [-0.2, -0.15) is 0 Å². The van der Waals surface area contributed by atoms with E-state index in [0.717, 1.165) is 53.8 Å². The van der Waals surface area contributed by atoms with Crippen molar-refractivity contribution in [3.8, 4) is 0 Å². The second-order valence-corrected chi connectivity index (χ2v) is 11.0. The Labute approximate surface area is 205 Å². The molecule has 2 heterocycles. The SMILES string of the molecule is Cc1[nH]c2ccc(Cl)cc2c1C1=CCN(CCCNS(=O)(=O)c2cccc3ccccc23)CC1. The molecule has 0 unspecified atom stereocenters. The van der Waals surface area contributed by atoms with Gasteiger partial charge in [0.1, 0.15) is 0 Å². The number of hydrogen-bond donors (Lipinski definition) is 2. The summed E-state index contributed by atoms with van der Waals surface area (Å²) in [6.45, 7) is 5.18. The van der Waals surface area contributed by atoms with Crippen LogP contribution in [0.25, 0.3) is 27.2 Å². The summed E-state index contributed by atoms with van der Waals surface area (Å²) in [7, 11) is -3.55. The highest BCUT2D eigenvalue weighted by atomic mass is 35.5. The van der Waals surface area contributed by atoms with E-state index in [-0.39, 0.29) is 0 Å². The molecule has 1 aliphatic rings. The standard InChI is InChI=1S/C27H28ClN3O2S/c1-19-27(24-18-22(28)10-11-25(24)30-19)21-12-16-31(17-13-21)15-5-14-29-34(32,33)26-9-4-7-20-6-2-3-8-23(20)26/h2-4,6-12,18,29-30H,5,13-17H2,1H3. The predicted octanol–water partition coefficient (Wildman–Crippen LogP) is 5.74. The molecule has 0 saturated heterocycles. The van der Waals surface area contributed by atoms with E-state index >= 15 is 0 Å². The molecule has 0 spiro atoms. The van der Waals surface area contributed by atoms with Crippen LogP contribution >= 0.6 is 11.6 Å². The number of rotatable bonds is 7. The Morgan fingerprint density at radius 1 is 1.06 bits per heavy atom. The number of hydrogen-bond acceptors (Lipinski definition) is 3. The highest BCUT2D eigenvalue weighted by molar-refractivity contribution is 7.89. The maximum absolute atomic E-state index is 12.9. The quantitative estimate of drug-likeness (QED) is 0.322. The average Bonchev–Trinajstić information content (AvgIpc) is 3.16. The van der Waals surface area contributed by atoms with Gasteiger partial charge in [-0.1, -0.05) is 54.1 Å². The molecule has 1 aromatic heterocycles. The molecule has 0 radical (unpaired) electrons. The van der Waals surface area contributed by atoms with Crippen molar-refractivity contribution in [2.75, 3.05) is 26.2 Å². The Balaban J connectivity index is 1.19. The second kappa shape index (κ2) is 9.55. The number of H-pyrrole nitrogens is 1. The number of aryl methyl sites for hydroxylation is 1. The number of fused-ring (bicyclic) bond motifs is 2.